The van der Waals surface area contributed by atoms with E-state index in [2.05, 4.69) is 25.5 Å². The maximum atomic E-state index is 13.0. The number of aromatic nitrogens is 4. The normalized spacial score (nSPS) is 20.1. The summed E-state index contributed by atoms with van der Waals surface area (Å²) in [6.07, 6.45) is 3.62. The van der Waals surface area contributed by atoms with E-state index in [-0.39, 0.29) is 29.4 Å². The zero-order valence-electron chi connectivity index (χ0n) is 23.2. The van der Waals surface area contributed by atoms with E-state index in [0.29, 0.717) is 42.0 Å². The number of nitrogen functional groups attached to an aromatic ring is 1. The number of pyridine rings is 2. The van der Waals surface area contributed by atoms with Crippen molar-refractivity contribution in [1.29, 1.82) is 0 Å². The van der Waals surface area contributed by atoms with Gasteiger partial charge < -0.3 is 16.4 Å². The average molecular weight is 591 g/mol. The lowest BCUT2D eigenvalue weighted by molar-refractivity contribution is -0.137. The zero-order valence-corrected chi connectivity index (χ0v) is 23.2. The number of hydrogen-bond acceptors (Lipinski definition) is 7. The zero-order chi connectivity index (χ0) is 30.3. The van der Waals surface area contributed by atoms with E-state index in [1.807, 2.05) is 23.8 Å². The van der Waals surface area contributed by atoms with Crippen LogP contribution in [0.15, 0.2) is 54.9 Å². The molecule has 2 aliphatic rings. The molecule has 0 radical (unpaired) electrons. The van der Waals surface area contributed by atoms with E-state index in [1.165, 1.54) is 0 Å². The maximum absolute atomic E-state index is 13.0. The molecule has 0 unspecified atom stereocenters. The molecule has 0 aliphatic carbocycles. The molecule has 3 aromatic heterocycles. The first kappa shape index (κ1) is 28.3. The number of benzene rings is 1. The minimum Gasteiger partial charge on any atom is -0.383 e. The summed E-state index contributed by atoms with van der Waals surface area (Å²) in [6.45, 7) is 3.97. The SMILES string of the molecule is C[C@@H]1CCn2nc(-c3ccc(C(=O)Nc4cc(C(F)(F)F)ccn4)cc3)c3c(N)ncc(c32)/C=C/CN2CC[C@@H]2C(=O)N1. The number of amides is 2. The molecule has 1 fully saturated rings. The van der Waals surface area contributed by atoms with Gasteiger partial charge in [0, 0.05) is 54.8 Å². The van der Waals surface area contributed by atoms with E-state index in [9.17, 15) is 22.8 Å². The third kappa shape index (κ3) is 5.67. The van der Waals surface area contributed by atoms with Gasteiger partial charge in [0.25, 0.3) is 5.91 Å². The number of nitrogens with zero attached hydrogens (tertiary/aromatic N) is 5. The minimum absolute atomic E-state index is 0.0362. The van der Waals surface area contributed by atoms with Gasteiger partial charge in [-0.25, -0.2) is 9.97 Å². The first-order chi connectivity index (χ1) is 20.6. The number of carbonyl (C=O) groups is 2. The summed E-state index contributed by atoms with van der Waals surface area (Å²) in [6, 6.07) is 7.95. The maximum Gasteiger partial charge on any atom is 0.416 e. The topological polar surface area (TPSA) is 131 Å². The molecular weight excluding hydrogens is 561 g/mol. The molecule has 1 saturated heterocycles. The monoisotopic (exact) mass is 590 g/mol. The van der Waals surface area contributed by atoms with Crippen molar-refractivity contribution in [1.82, 2.24) is 30.0 Å². The summed E-state index contributed by atoms with van der Waals surface area (Å²) in [7, 11) is 0. The number of hydrogen-bond donors (Lipinski definition) is 3. The van der Waals surface area contributed by atoms with E-state index in [1.54, 1.807) is 30.5 Å². The summed E-state index contributed by atoms with van der Waals surface area (Å²) >= 11 is 0. The number of carbonyl (C=O) groups excluding carboxylic acids is 2. The van der Waals surface area contributed by atoms with Gasteiger partial charge in [-0.05, 0) is 44.0 Å². The van der Waals surface area contributed by atoms with Crippen LogP contribution in [0.25, 0.3) is 28.2 Å². The highest BCUT2D eigenvalue weighted by molar-refractivity contribution is 6.06. The van der Waals surface area contributed by atoms with Crippen molar-refractivity contribution in [2.45, 2.75) is 44.6 Å². The Hall–Kier alpha value is -4.78. The third-order valence-electron chi connectivity index (χ3n) is 7.81. The predicted molar refractivity (Wildman–Crippen MR) is 156 cm³/mol. The van der Waals surface area contributed by atoms with Crippen LogP contribution in [0.5, 0.6) is 0 Å². The molecule has 4 N–H and O–H groups in total. The smallest absolute Gasteiger partial charge is 0.383 e. The highest BCUT2D eigenvalue weighted by Crippen LogP contribution is 2.35. The highest BCUT2D eigenvalue weighted by atomic mass is 19.4. The van der Waals surface area contributed by atoms with Gasteiger partial charge >= 0.3 is 6.18 Å². The Morgan fingerprint density at radius 3 is 2.63 bits per heavy atom. The molecule has 222 valence electrons. The molecule has 10 nitrogen and oxygen atoms in total. The first-order valence-corrected chi connectivity index (χ1v) is 13.9. The fourth-order valence-corrected chi connectivity index (χ4v) is 5.39. The van der Waals surface area contributed by atoms with Crippen LogP contribution in [0.1, 0.15) is 41.3 Å². The Balaban J connectivity index is 1.31. The minimum atomic E-state index is -4.55. The van der Waals surface area contributed by atoms with Gasteiger partial charge in [0.2, 0.25) is 5.91 Å². The van der Waals surface area contributed by atoms with Gasteiger partial charge in [-0.3, -0.25) is 19.2 Å². The number of fused-ring (bicyclic) bond motifs is 1. The first-order valence-electron chi connectivity index (χ1n) is 13.9. The summed E-state index contributed by atoms with van der Waals surface area (Å²) in [5, 5.41) is 11.1. The van der Waals surface area contributed by atoms with Gasteiger partial charge in [0.05, 0.1) is 22.5 Å². The molecule has 13 heteroatoms. The van der Waals surface area contributed by atoms with Crippen LogP contribution in [0.2, 0.25) is 0 Å². The number of nitrogens with one attached hydrogen (secondary N) is 2. The van der Waals surface area contributed by atoms with Crippen LogP contribution in [-0.4, -0.2) is 61.6 Å². The fraction of sp³-hybridized carbons (Fsp3) is 0.300. The summed E-state index contributed by atoms with van der Waals surface area (Å²) in [5.74, 6) is -0.472. The summed E-state index contributed by atoms with van der Waals surface area (Å²) in [5.41, 5.74) is 8.63. The van der Waals surface area contributed by atoms with E-state index in [4.69, 9.17) is 10.8 Å². The van der Waals surface area contributed by atoms with Crippen LogP contribution in [0.4, 0.5) is 24.8 Å². The Labute approximate surface area is 244 Å². The van der Waals surface area contributed by atoms with Gasteiger partial charge in [-0.15, -0.1) is 0 Å². The molecule has 0 bridgehead atoms. The molecule has 0 saturated carbocycles. The number of halogens is 3. The summed E-state index contributed by atoms with van der Waals surface area (Å²) < 4.78 is 41.0. The molecule has 1 aromatic carbocycles. The van der Waals surface area contributed by atoms with Gasteiger partial charge in [-0.2, -0.15) is 18.3 Å². The number of rotatable bonds is 3. The lowest BCUT2D eigenvalue weighted by atomic mass is 10.0. The van der Waals surface area contributed by atoms with Crippen LogP contribution >= 0.6 is 0 Å². The van der Waals surface area contributed by atoms with Crippen molar-refractivity contribution in [2.24, 2.45) is 0 Å². The van der Waals surface area contributed by atoms with Crippen molar-refractivity contribution in [3.8, 4) is 11.3 Å². The standard InChI is InChI=1S/C30H29F3N8O2/c1-17-9-14-41-26-20(3-2-12-40-13-10-22(40)29(43)37-17)16-36-27(34)24(26)25(39-41)18-4-6-19(7-5-18)28(42)38-23-15-21(8-11-35-23)30(31,32)33/h2-8,11,15-17,22H,9-10,12-14H2,1H3,(H2,34,36)(H,37,43)(H,35,38,42)/b3-2+/t17-,22-/m1/s1. The number of aryl methyl sites for hydroxylation is 1. The summed E-state index contributed by atoms with van der Waals surface area (Å²) in [4.78, 5) is 35.9. The Morgan fingerprint density at radius 1 is 1.12 bits per heavy atom. The number of alkyl halides is 3. The average Bonchev–Trinajstić information content (AvgIpc) is 3.34. The fourth-order valence-electron chi connectivity index (χ4n) is 5.39. The highest BCUT2D eigenvalue weighted by Gasteiger charge is 2.34. The molecule has 6 rings (SSSR count). The lowest BCUT2D eigenvalue weighted by Gasteiger charge is -2.39. The van der Waals surface area contributed by atoms with Crippen molar-refractivity contribution >= 4 is 40.4 Å². The Bertz CT molecular complexity index is 1730. The Morgan fingerprint density at radius 2 is 1.91 bits per heavy atom. The van der Waals surface area contributed by atoms with Crippen molar-refractivity contribution in [3.05, 3.63) is 71.6 Å². The Kier molecular flexibility index (Phi) is 7.34. The van der Waals surface area contributed by atoms with Crippen LogP contribution < -0.4 is 16.4 Å². The molecule has 5 heterocycles. The lowest BCUT2D eigenvalue weighted by Crippen LogP contribution is -2.57. The van der Waals surface area contributed by atoms with Crippen molar-refractivity contribution in [2.75, 3.05) is 24.1 Å². The van der Waals surface area contributed by atoms with Crippen LogP contribution in [0, 0.1) is 0 Å². The molecule has 2 amide bonds. The second-order valence-electron chi connectivity index (χ2n) is 10.8. The molecule has 2 atom stereocenters. The molecule has 2 aliphatic heterocycles. The van der Waals surface area contributed by atoms with Gasteiger partial charge in [0.1, 0.15) is 17.3 Å². The van der Waals surface area contributed by atoms with E-state index >= 15 is 0 Å². The predicted octanol–water partition coefficient (Wildman–Crippen LogP) is 4.34. The second kappa shape index (κ2) is 11.1. The van der Waals surface area contributed by atoms with Crippen molar-refractivity contribution in [3.63, 3.8) is 0 Å². The third-order valence-corrected chi connectivity index (χ3v) is 7.81. The van der Waals surface area contributed by atoms with E-state index in [0.717, 1.165) is 42.4 Å². The van der Waals surface area contributed by atoms with Crippen LogP contribution in [0.3, 0.4) is 0 Å². The number of nitrogens with two attached hydrogens (primary N) is 1. The quantitative estimate of drug-likeness (QED) is 0.324. The second-order valence-corrected chi connectivity index (χ2v) is 10.8. The largest absolute Gasteiger partial charge is 0.416 e. The van der Waals surface area contributed by atoms with E-state index < -0.39 is 17.6 Å². The van der Waals surface area contributed by atoms with Crippen LogP contribution in [-0.2, 0) is 17.5 Å². The van der Waals surface area contributed by atoms with Crippen molar-refractivity contribution < 1.29 is 22.8 Å². The van der Waals surface area contributed by atoms with Gasteiger partial charge in [-0.1, -0.05) is 24.3 Å². The molecule has 4 aromatic rings. The molecule has 0 spiro atoms. The van der Waals surface area contributed by atoms with Gasteiger partial charge in [0.15, 0.2) is 0 Å². The molecular formula is C30H29F3N8O2. The number of anilines is 2. The molecule has 43 heavy (non-hydrogen) atoms.